The second-order valence-corrected chi connectivity index (χ2v) is 6.39. The van der Waals surface area contributed by atoms with E-state index in [0.29, 0.717) is 17.8 Å². The van der Waals surface area contributed by atoms with Gasteiger partial charge in [-0.2, -0.15) is 11.3 Å². The zero-order chi connectivity index (χ0) is 15.0. The Labute approximate surface area is 136 Å². The number of nitrogens with zero attached hydrogens (tertiary/aromatic N) is 2. The molecule has 3 rings (SSSR count). The number of imidazole rings is 1. The number of alkyl halides is 1. The summed E-state index contributed by atoms with van der Waals surface area (Å²) in [4.78, 5) is 4.52. The van der Waals surface area contributed by atoms with Crippen molar-refractivity contribution in [3.63, 3.8) is 0 Å². The van der Waals surface area contributed by atoms with Gasteiger partial charge in [0.25, 0.3) is 0 Å². The highest BCUT2D eigenvalue weighted by Crippen LogP contribution is 2.30. The molecule has 0 aliphatic rings. The molecule has 1 aromatic carbocycles. The summed E-state index contributed by atoms with van der Waals surface area (Å²) in [5.74, 6) is 0.866. The summed E-state index contributed by atoms with van der Waals surface area (Å²) in [5.41, 5.74) is 2.63. The van der Waals surface area contributed by atoms with Crippen molar-refractivity contribution in [1.82, 2.24) is 9.55 Å². The average Bonchev–Trinajstić information content (AvgIpc) is 3.07. The zero-order valence-electron chi connectivity index (χ0n) is 11.3. The molecule has 6 heteroatoms. The average molecular weight is 343 g/mol. The fourth-order valence-electron chi connectivity index (χ4n) is 2.50. The highest BCUT2D eigenvalue weighted by atomic mass is 35.5. The van der Waals surface area contributed by atoms with Crippen LogP contribution in [0.1, 0.15) is 24.4 Å². The maximum atomic E-state index is 13.6. The van der Waals surface area contributed by atoms with E-state index in [4.69, 9.17) is 23.2 Å². The van der Waals surface area contributed by atoms with Crippen LogP contribution in [0.25, 0.3) is 11.0 Å². The van der Waals surface area contributed by atoms with Crippen LogP contribution in [0.15, 0.2) is 29.0 Å². The summed E-state index contributed by atoms with van der Waals surface area (Å²) in [6.45, 7) is 2.10. The minimum Gasteiger partial charge on any atom is -0.321 e. The van der Waals surface area contributed by atoms with Gasteiger partial charge in [0.15, 0.2) is 0 Å². The molecular weight excluding hydrogens is 330 g/mol. The third-order valence-electron chi connectivity index (χ3n) is 3.54. The monoisotopic (exact) mass is 342 g/mol. The van der Waals surface area contributed by atoms with Crippen LogP contribution in [0.3, 0.4) is 0 Å². The minimum absolute atomic E-state index is 0.0981. The van der Waals surface area contributed by atoms with E-state index >= 15 is 0 Å². The summed E-state index contributed by atoms with van der Waals surface area (Å²) in [7, 11) is 0. The predicted molar refractivity (Wildman–Crippen MR) is 87.3 cm³/mol. The number of thiophene rings is 1. The minimum atomic E-state index is -0.450. The first-order valence-electron chi connectivity index (χ1n) is 6.55. The first-order chi connectivity index (χ1) is 10.1. The molecule has 0 bridgehead atoms. The Hall–Kier alpha value is -1.10. The number of benzene rings is 1. The first kappa shape index (κ1) is 14.8. The van der Waals surface area contributed by atoms with E-state index in [1.807, 2.05) is 5.38 Å². The van der Waals surface area contributed by atoms with Crippen molar-refractivity contribution >= 4 is 45.6 Å². The summed E-state index contributed by atoms with van der Waals surface area (Å²) in [6, 6.07) is 5.20. The normalized spacial score (nSPS) is 13.0. The van der Waals surface area contributed by atoms with Gasteiger partial charge in [0.1, 0.15) is 11.6 Å². The van der Waals surface area contributed by atoms with Crippen molar-refractivity contribution in [2.24, 2.45) is 0 Å². The van der Waals surface area contributed by atoms with Crippen LogP contribution in [-0.2, 0) is 6.42 Å². The largest absolute Gasteiger partial charge is 0.321 e. The van der Waals surface area contributed by atoms with Gasteiger partial charge in [-0.3, -0.25) is 0 Å². The van der Waals surface area contributed by atoms with E-state index < -0.39 is 5.82 Å². The van der Waals surface area contributed by atoms with Gasteiger partial charge in [0, 0.05) is 18.4 Å². The van der Waals surface area contributed by atoms with Crippen molar-refractivity contribution in [2.75, 3.05) is 5.88 Å². The maximum absolute atomic E-state index is 13.6. The van der Waals surface area contributed by atoms with Gasteiger partial charge in [-0.25, -0.2) is 9.37 Å². The first-order valence-corrected chi connectivity index (χ1v) is 8.41. The van der Waals surface area contributed by atoms with E-state index in [2.05, 4.69) is 27.9 Å². The molecule has 0 amide bonds. The number of halogens is 3. The maximum Gasteiger partial charge on any atom is 0.144 e. The molecule has 0 fully saturated rings. The number of aromatic nitrogens is 2. The van der Waals surface area contributed by atoms with Gasteiger partial charge < -0.3 is 4.57 Å². The lowest BCUT2D eigenvalue weighted by Crippen LogP contribution is -2.10. The lowest BCUT2D eigenvalue weighted by Gasteiger charge is -2.16. The summed E-state index contributed by atoms with van der Waals surface area (Å²) in [6.07, 6.45) is 0.629. The van der Waals surface area contributed by atoms with Crippen LogP contribution in [-0.4, -0.2) is 15.4 Å². The Morgan fingerprint density at radius 2 is 2.24 bits per heavy atom. The Morgan fingerprint density at radius 1 is 1.43 bits per heavy atom. The van der Waals surface area contributed by atoms with Crippen LogP contribution in [0.5, 0.6) is 0 Å². The van der Waals surface area contributed by atoms with E-state index in [9.17, 15) is 4.39 Å². The van der Waals surface area contributed by atoms with Crippen LogP contribution in [0, 0.1) is 5.82 Å². The molecule has 0 N–H and O–H groups in total. The molecule has 0 radical (unpaired) electrons. The summed E-state index contributed by atoms with van der Waals surface area (Å²) in [5, 5.41) is 4.25. The van der Waals surface area contributed by atoms with Crippen LogP contribution in [0.4, 0.5) is 4.39 Å². The Balaban J connectivity index is 2.22. The molecular formula is C15H13Cl2FN2S. The molecule has 2 heterocycles. The highest BCUT2D eigenvalue weighted by molar-refractivity contribution is 7.07. The number of fused-ring (bicyclic) bond motifs is 1. The second-order valence-electron chi connectivity index (χ2n) is 4.82. The van der Waals surface area contributed by atoms with Crippen LogP contribution >= 0.6 is 34.5 Å². The lowest BCUT2D eigenvalue weighted by atomic mass is 10.1. The smallest absolute Gasteiger partial charge is 0.144 e. The SMILES string of the molecule is CC(c1ccsc1)n1c(CCCl)nc2cc(F)c(Cl)cc21. The van der Waals surface area contributed by atoms with E-state index in [1.54, 1.807) is 17.4 Å². The quantitative estimate of drug-likeness (QED) is 0.589. The molecule has 1 unspecified atom stereocenters. The highest BCUT2D eigenvalue weighted by Gasteiger charge is 2.18. The topological polar surface area (TPSA) is 17.8 Å². The molecule has 110 valence electrons. The third-order valence-corrected chi connectivity index (χ3v) is 4.72. The van der Waals surface area contributed by atoms with E-state index in [-0.39, 0.29) is 11.1 Å². The fraction of sp³-hybridized carbons (Fsp3) is 0.267. The second kappa shape index (κ2) is 5.95. The molecule has 0 aliphatic heterocycles. The number of rotatable bonds is 4. The number of aryl methyl sites for hydroxylation is 1. The fourth-order valence-corrected chi connectivity index (χ4v) is 3.57. The molecule has 0 aliphatic carbocycles. The Morgan fingerprint density at radius 3 is 2.90 bits per heavy atom. The summed E-state index contributed by atoms with van der Waals surface area (Å²) < 4.78 is 15.7. The molecule has 2 nitrogen and oxygen atoms in total. The van der Waals surface area contributed by atoms with E-state index in [1.165, 1.54) is 11.6 Å². The molecule has 0 saturated heterocycles. The van der Waals surface area contributed by atoms with Crippen molar-refractivity contribution in [2.45, 2.75) is 19.4 Å². The Bertz CT molecular complexity index is 768. The third kappa shape index (κ3) is 2.68. The van der Waals surface area contributed by atoms with E-state index in [0.717, 1.165) is 11.3 Å². The zero-order valence-corrected chi connectivity index (χ0v) is 13.6. The van der Waals surface area contributed by atoms with Gasteiger partial charge in [0.2, 0.25) is 0 Å². The van der Waals surface area contributed by atoms with Gasteiger partial charge >= 0.3 is 0 Å². The van der Waals surface area contributed by atoms with Crippen LogP contribution < -0.4 is 0 Å². The Kier molecular flexibility index (Phi) is 4.20. The standard InChI is InChI=1S/C15H13Cl2FN2S/c1-9(10-3-5-21-8-10)20-14-6-11(17)12(18)7-13(14)19-15(20)2-4-16/h3,5-9H,2,4H2,1H3. The lowest BCUT2D eigenvalue weighted by molar-refractivity contribution is 0.622. The number of hydrogen-bond donors (Lipinski definition) is 0. The van der Waals surface area contributed by atoms with Crippen molar-refractivity contribution in [3.05, 3.63) is 51.2 Å². The number of hydrogen-bond acceptors (Lipinski definition) is 2. The van der Waals surface area contributed by atoms with Gasteiger partial charge in [-0.05, 0) is 35.4 Å². The molecule has 1 atom stereocenters. The summed E-state index contributed by atoms with van der Waals surface area (Å²) >= 11 is 13.5. The van der Waals surface area contributed by atoms with Crippen LogP contribution in [0.2, 0.25) is 5.02 Å². The molecule has 3 aromatic rings. The molecule has 0 spiro atoms. The van der Waals surface area contributed by atoms with Crippen molar-refractivity contribution < 1.29 is 4.39 Å². The molecule has 2 aromatic heterocycles. The van der Waals surface area contributed by atoms with Gasteiger partial charge in [-0.15, -0.1) is 11.6 Å². The van der Waals surface area contributed by atoms with Gasteiger partial charge in [0.05, 0.1) is 22.1 Å². The predicted octanol–water partition coefficient (Wildman–Crippen LogP) is 5.28. The van der Waals surface area contributed by atoms with Gasteiger partial charge in [-0.1, -0.05) is 11.6 Å². The molecule has 21 heavy (non-hydrogen) atoms. The van der Waals surface area contributed by atoms with Crippen molar-refractivity contribution in [1.29, 1.82) is 0 Å². The molecule has 0 saturated carbocycles. The van der Waals surface area contributed by atoms with Crippen molar-refractivity contribution in [3.8, 4) is 0 Å².